The Kier molecular flexibility index (Phi) is 5.03. The van der Waals surface area contributed by atoms with E-state index >= 15 is 0 Å². The van der Waals surface area contributed by atoms with Crippen molar-refractivity contribution in [1.82, 2.24) is 4.98 Å². The van der Waals surface area contributed by atoms with Gasteiger partial charge >= 0.3 is 0 Å². The molecule has 0 spiro atoms. The van der Waals surface area contributed by atoms with Gasteiger partial charge in [-0.05, 0) is 30.2 Å². The number of para-hydroxylation sites is 1. The normalized spacial score (nSPS) is 10.8. The fourth-order valence-electron chi connectivity index (χ4n) is 3.04. The maximum atomic E-state index is 12.4. The Bertz CT molecular complexity index is 1190. The summed E-state index contributed by atoms with van der Waals surface area (Å²) in [5.74, 6) is 0.174. The van der Waals surface area contributed by atoms with Crippen LogP contribution in [0.15, 0.2) is 77.2 Å². The third kappa shape index (κ3) is 4.14. The summed E-state index contributed by atoms with van der Waals surface area (Å²) in [4.78, 5) is 27.3. The number of nitrogens with one attached hydrogen (secondary N) is 1. The Balaban J connectivity index is 1.56. The number of oxazole rings is 1. The van der Waals surface area contributed by atoms with Gasteiger partial charge in [-0.3, -0.25) is 14.9 Å². The molecule has 0 aliphatic heterocycles. The smallest absolute Gasteiger partial charge is 0.271 e. The number of non-ortho nitro benzene ring substituents is 1. The molecule has 3 aromatic carbocycles. The average molecular weight is 387 g/mol. The first-order valence-electron chi connectivity index (χ1n) is 9.08. The van der Waals surface area contributed by atoms with Gasteiger partial charge in [-0.25, -0.2) is 4.98 Å². The van der Waals surface area contributed by atoms with E-state index in [1.165, 1.54) is 18.2 Å². The van der Waals surface area contributed by atoms with E-state index in [1.807, 2.05) is 42.5 Å². The van der Waals surface area contributed by atoms with Crippen molar-refractivity contribution in [3.63, 3.8) is 0 Å². The minimum absolute atomic E-state index is 0.0557. The van der Waals surface area contributed by atoms with Crippen LogP contribution < -0.4 is 5.32 Å². The number of nitro groups is 1. The molecule has 4 aromatic rings. The second-order valence-corrected chi connectivity index (χ2v) is 6.51. The molecule has 0 saturated carbocycles. The fourth-order valence-corrected chi connectivity index (χ4v) is 3.04. The zero-order valence-corrected chi connectivity index (χ0v) is 15.4. The molecule has 0 fully saturated rings. The van der Waals surface area contributed by atoms with E-state index in [2.05, 4.69) is 10.3 Å². The molecular formula is C22H17N3O4. The summed E-state index contributed by atoms with van der Waals surface area (Å²) < 4.78 is 5.76. The highest BCUT2D eigenvalue weighted by atomic mass is 16.6. The lowest BCUT2D eigenvalue weighted by molar-refractivity contribution is -0.384. The second kappa shape index (κ2) is 7.93. The van der Waals surface area contributed by atoms with Crippen LogP contribution >= 0.6 is 0 Å². The largest absolute Gasteiger partial charge is 0.436 e. The quantitative estimate of drug-likeness (QED) is 0.372. The predicted octanol–water partition coefficient (Wildman–Crippen LogP) is 4.97. The van der Waals surface area contributed by atoms with Crippen LogP contribution in [0.4, 0.5) is 11.4 Å². The average Bonchev–Trinajstić information content (AvgIpc) is 3.16. The van der Waals surface area contributed by atoms with Crippen molar-refractivity contribution in [3.05, 3.63) is 88.5 Å². The summed E-state index contributed by atoms with van der Waals surface area (Å²) in [6, 6.07) is 21.2. The maximum Gasteiger partial charge on any atom is 0.271 e. The lowest BCUT2D eigenvalue weighted by Gasteiger charge is -2.09. The predicted molar refractivity (Wildman–Crippen MR) is 109 cm³/mol. The highest BCUT2D eigenvalue weighted by molar-refractivity contribution is 5.95. The number of amides is 1. The van der Waals surface area contributed by atoms with Crippen LogP contribution in [0.2, 0.25) is 0 Å². The van der Waals surface area contributed by atoms with Gasteiger partial charge in [0.1, 0.15) is 5.52 Å². The van der Waals surface area contributed by atoms with Crippen LogP contribution in [0.5, 0.6) is 0 Å². The number of rotatable bonds is 6. The van der Waals surface area contributed by atoms with Gasteiger partial charge in [0, 0.05) is 18.6 Å². The Labute approximate surface area is 166 Å². The number of fused-ring (bicyclic) bond motifs is 1. The van der Waals surface area contributed by atoms with Crippen molar-refractivity contribution < 1.29 is 14.1 Å². The molecule has 1 amide bonds. The Morgan fingerprint density at radius 1 is 1.03 bits per heavy atom. The first kappa shape index (κ1) is 18.4. The molecule has 0 saturated heterocycles. The molecule has 0 radical (unpaired) electrons. The fraction of sp³-hybridized carbons (Fsp3) is 0.0909. The summed E-state index contributed by atoms with van der Waals surface area (Å²) in [5.41, 5.74) is 3.05. The summed E-state index contributed by atoms with van der Waals surface area (Å²) in [6.45, 7) is 0. The standard InChI is InChI=1S/C22H17N3O4/c26-21(13-10-15-6-2-1-3-7-15)23-18-9-5-4-8-17(18)22-24-19-14-16(25(27)28)11-12-20(19)29-22/h1-9,11-12,14H,10,13H2,(H,23,26). The van der Waals surface area contributed by atoms with Crippen molar-refractivity contribution in [2.45, 2.75) is 12.8 Å². The SMILES string of the molecule is O=C(CCc1ccccc1)Nc1ccccc1-c1nc2cc([N+](=O)[O-])ccc2o1. The zero-order chi connectivity index (χ0) is 20.2. The lowest BCUT2D eigenvalue weighted by Crippen LogP contribution is -2.13. The summed E-state index contributed by atoms with van der Waals surface area (Å²) in [6.07, 6.45) is 0.986. The number of aromatic nitrogens is 1. The number of carbonyl (C=O) groups is 1. The second-order valence-electron chi connectivity index (χ2n) is 6.51. The third-order valence-corrected chi connectivity index (χ3v) is 4.50. The molecule has 7 heteroatoms. The minimum Gasteiger partial charge on any atom is -0.436 e. The Morgan fingerprint density at radius 3 is 2.59 bits per heavy atom. The summed E-state index contributed by atoms with van der Waals surface area (Å²) in [5, 5.41) is 13.9. The number of aryl methyl sites for hydroxylation is 1. The Morgan fingerprint density at radius 2 is 1.79 bits per heavy atom. The van der Waals surface area contributed by atoms with E-state index in [1.54, 1.807) is 12.1 Å². The first-order valence-corrected chi connectivity index (χ1v) is 9.08. The third-order valence-electron chi connectivity index (χ3n) is 4.50. The molecule has 29 heavy (non-hydrogen) atoms. The van der Waals surface area contributed by atoms with E-state index < -0.39 is 4.92 Å². The van der Waals surface area contributed by atoms with Gasteiger partial charge in [-0.1, -0.05) is 42.5 Å². The number of anilines is 1. The number of nitrogens with zero attached hydrogens (tertiary/aromatic N) is 2. The number of hydrogen-bond acceptors (Lipinski definition) is 5. The molecule has 0 unspecified atom stereocenters. The van der Waals surface area contributed by atoms with Gasteiger partial charge in [0.25, 0.3) is 5.69 Å². The highest BCUT2D eigenvalue weighted by Gasteiger charge is 2.16. The van der Waals surface area contributed by atoms with Gasteiger partial charge in [0.05, 0.1) is 16.2 Å². The molecule has 1 aromatic heterocycles. The monoisotopic (exact) mass is 387 g/mol. The first-order chi connectivity index (χ1) is 14.1. The number of benzene rings is 3. The van der Waals surface area contributed by atoms with Gasteiger partial charge in [0.15, 0.2) is 5.58 Å². The molecule has 1 heterocycles. The van der Waals surface area contributed by atoms with Crippen LogP contribution in [-0.4, -0.2) is 15.8 Å². The van der Waals surface area contributed by atoms with Gasteiger partial charge in [0.2, 0.25) is 11.8 Å². The number of hydrogen-bond donors (Lipinski definition) is 1. The zero-order valence-electron chi connectivity index (χ0n) is 15.4. The minimum atomic E-state index is -0.477. The van der Waals surface area contributed by atoms with Crippen molar-refractivity contribution in [2.75, 3.05) is 5.32 Å². The van der Waals surface area contributed by atoms with E-state index in [0.717, 1.165) is 5.56 Å². The van der Waals surface area contributed by atoms with Crippen molar-refractivity contribution in [2.24, 2.45) is 0 Å². The molecule has 144 valence electrons. The molecule has 0 aliphatic rings. The van der Waals surface area contributed by atoms with Gasteiger partial charge in [-0.15, -0.1) is 0 Å². The van der Waals surface area contributed by atoms with Crippen LogP contribution in [0.3, 0.4) is 0 Å². The number of carbonyl (C=O) groups excluding carboxylic acids is 1. The van der Waals surface area contributed by atoms with Crippen molar-refractivity contribution in [1.29, 1.82) is 0 Å². The van der Waals surface area contributed by atoms with Crippen LogP contribution in [0.25, 0.3) is 22.6 Å². The van der Waals surface area contributed by atoms with Gasteiger partial charge in [-0.2, -0.15) is 0 Å². The van der Waals surface area contributed by atoms with Crippen molar-refractivity contribution in [3.8, 4) is 11.5 Å². The van der Waals surface area contributed by atoms with Crippen LogP contribution in [-0.2, 0) is 11.2 Å². The molecule has 4 rings (SSSR count). The Hall–Kier alpha value is -4.00. The lowest BCUT2D eigenvalue weighted by atomic mass is 10.1. The summed E-state index contributed by atoms with van der Waals surface area (Å²) in [7, 11) is 0. The van der Waals surface area contributed by atoms with Crippen molar-refractivity contribution >= 4 is 28.4 Å². The molecule has 7 nitrogen and oxygen atoms in total. The summed E-state index contributed by atoms with van der Waals surface area (Å²) >= 11 is 0. The van der Waals surface area contributed by atoms with Crippen LogP contribution in [0.1, 0.15) is 12.0 Å². The molecule has 0 atom stereocenters. The molecule has 1 N–H and O–H groups in total. The topological polar surface area (TPSA) is 98.3 Å². The van der Waals surface area contributed by atoms with E-state index in [4.69, 9.17) is 4.42 Å². The van der Waals surface area contributed by atoms with E-state index in [9.17, 15) is 14.9 Å². The van der Waals surface area contributed by atoms with E-state index in [-0.39, 0.29) is 11.6 Å². The maximum absolute atomic E-state index is 12.4. The van der Waals surface area contributed by atoms with Gasteiger partial charge < -0.3 is 9.73 Å². The number of nitro benzene ring substituents is 1. The molecule has 0 bridgehead atoms. The molecular weight excluding hydrogens is 370 g/mol. The van der Waals surface area contributed by atoms with Crippen LogP contribution in [0, 0.1) is 10.1 Å². The molecule has 0 aliphatic carbocycles. The van der Waals surface area contributed by atoms with E-state index in [0.29, 0.717) is 41.1 Å². The highest BCUT2D eigenvalue weighted by Crippen LogP contribution is 2.31.